The molecule has 2 heteroatoms. The quantitative estimate of drug-likeness (QED) is 0.680. The zero-order valence-electron chi connectivity index (χ0n) is 6.29. The van der Waals surface area contributed by atoms with Gasteiger partial charge < -0.3 is 0 Å². The minimum absolute atomic E-state index is 0.525. The summed E-state index contributed by atoms with van der Waals surface area (Å²) in [5.41, 5.74) is 4.26. The molecule has 1 fully saturated rings. The van der Waals surface area contributed by atoms with Crippen molar-refractivity contribution in [3.8, 4) is 0 Å². The number of benzene rings is 1. The van der Waals surface area contributed by atoms with Crippen LogP contribution in [0.1, 0.15) is 5.56 Å². The fourth-order valence-electron chi connectivity index (χ4n) is 1.20. The van der Waals surface area contributed by atoms with Crippen molar-refractivity contribution in [1.29, 1.82) is 0 Å². The maximum absolute atomic E-state index is 4.86. The predicted molar refractivity (Wildman–Crippen MR) is 43.0 cm³/mol. The highest BCUT2D eigenvalue weighted by molar-refractivity contribution is 5.16. The Morgan fingerprint density at radius 1 is 1.36 bits per heavy atom. The van der Waals surface area contributed by atoms with E-state index in [1.165, 1.54) is 5.56 Å². The average molecular weight is 149 g/mol. The van der Waals surface area contributed by atoms with Crippen LogP contribution in [0, 0.1) is 0 Å². The summed E-state index contributed by atoms with van der Waals surface area (Å²) < 4.78 is 0. The number of hydrogen-bond acceptors (Lipinski definition) is 2. The van der Waals surface area contributed by atoms with Crippen LogP contribution in [0.4, 0.5) is 0 Å². The molecule has 2 rings (SSSR count). The molecule has 0 unspecified atom stereocenters. The first-order valence-corrected chi connectivity index (χ1v) is 3.86. The van der Waals surface area contributed by atoms with Crippen LogP contribution in [0.2, 0.25) is 0 Å². The van der Waals surface area contributed by atoms with Crippen molar-refractivity contribution >= 4 is 0 Å². The highest BCUT2D eigenvalue weighted by atomic mass is 16.7. The van der Waals surface area contributed by atoms with Gasteiger partial charge in [0.25, 0.3) is 0 Å². The minimum Gasteiger partial charge on any atom is -0.300 e. The topological polar surface area (TPSA) is 21.3 Å². The number of hydrogen-bond donors (Lipinski definition) is 1. The van der Waals surface area contributed by atoms with Crippen molar-refractivity contribution in [3.63, 3.8) is 0 Å². The molecule has 2 nitrogen and oxygen atoms in total. The molecular weight excluding hydrogens is 138 g/mol. The molecule has 0 spiro atoms. The molecular formula is C9H11NO. The molecule has 1 heterocycles. The first kappa shape index (κ1) is 6.83. The van der Waals surface area contributed by atoms with Gasteiger partial charge in [0.15, 0.2) is 0 Å². The van der Waals surface area contributed by atoms with E-state index >= 15 is 0 Å². The van der Waals surface area contributed by atoms with E-state index in [4.69, 9.17) is 4.84 Å². The SMILES string of the molecule is c1ccc(C[C@@H]2CON2)cc1. The number of nitrogens with one attached hydrogen (secondary N) is 1. The summed E-state index contributed by atoms with van der Waals surface area (Å²) in [6.45, 7) is 0.842. The van der Waals surface area contributed by atoms with Gasteiger partial charge in [-0.2, -0.15) is 5.48 Å². The summed E-state index contributed by atoms with van der Waals surface area (Å²) in [5, 5.41) is 0. The van der Waals surface area contributed by atoms with Crippen LogP contribution in [0.5, 0.6) is 0 Å². The zero-order valence-corrected chi connectivity index (χ0v) is 6.29. The molecule has 0 saturated carbocycles. The molecule has 1 atom stereocenters. The van der Waals surface area contributed by atoms with E-state index in [9.17, 15) is 0 Å². The van der Waals surface area contributed by atoms with Gasteiger partial charge in [0, 0.05) is 0 Å². The second-order valence-corrected chi connectivity index (χ2v) is 2.82. The van der Waals surface area contributed by atoms with Crippen molar-refractivity contribution in [3.05, 3.63) is 35.9 Å². The molecule has 58 valence electrons. The molecule has 1 aliphatic rings. The van der Waals surface area contributed by atoms with Crippen molar-refractivity contribution in [2.24, 2.45) is 0 Å². The van der Waals surface area contributed by atoms with Gasteiger partial charge in [0.05, 0.1) is 12.6 Å². The van der Waals surface area contributed by atoms with Crippen LogP contribution >= 0.6 is 0 Å². The third-order valence-electron chi connectivity index (χ3n) is 1.86. The van der Waals surface area contributed by atoms with Crippen LogP contribution in [0.3, 0.4) is 0 Å². The highest BCUT2D eigenvalue weighted by Crippen LogP contribution is 2.06. The van der Waals surface area contributed by atoms with Gasteiger partial charge in [0.1, 0.15) is 0 Å². The third kappa shape index (κ3) is 1.59. The second-order valence-electron chi connectivity index (χ2n) is 2.82. The molecule has 0 amide bonds. The second kappa shape index (κ2) is 3.03. The third-order valence-corrected chi connectivity index (χ3v) is 1.86. The lowest BCUT2D eigenvalue weighted by Gasteiger charge is -2.26. The van der Waals surface area contributed by atoms with E-state index in [2.05, 4.69) is 29.7 Å². The average Bonchev–Trinajstić information content (AvgIpc) is 1.99. The van der Waals surface area contributed by atoms with E-state index < -0.39 is 0 Å². The van der Waals surface area contributed by atoms with Gasteiger partial charge in [-0.1, -0.05) is 30.3 Å². The van der Waals surface area contributed by atoms with Crippen molar-refractivity contribution in [2.75, 3.05) is 6.61 Å². The fourth-order valence-corrected chi connectivity index (χ4v) is 1.20. The lowest BCUT2D eigenvalue weighted by Crippen LogP contribution is -2.47. The maximum atomic E-state index is 4.86. The monoisotopic (exact) mass is 149 g/mol. The molecule has 1 aromatic carbocycles. The Bertz CT molecular complexity index is 218. The molecule has 0 bridgehead atoms. The Labute approximate surface area is 66.1 Å². The standard InChI is InChI=1S/C9H11NO/c1-2-4-8(5-3-1)6-9-7-11-10-9/h1-5,9-10H,6-7H2/t9-/m1/s1. The van der Waals surface area contributed by atoms with Crippen molar-refractivity contribution < 1.29 is 4.84 Å². The lowest BCUT2D eigenvalue weighted by atomic mass is 10.1. The fraction of sp³-hybridized carbons (Fsp3) is 0.333. The Kier molecular flexibility index (Phi) is 1.88. The summed E-state index contributed by atoms with van der Waals surface area (Å²) in [7, 11) is 0. The first-order valence-electron chi connectivity index (χ1n) is 3.86. The van der Waals surface area contributed by atoms with Gasteiger partial charge in [-0.3, -0.25) is 4.84 Å². The van der Waals surface area contributed by atoms with Gasteiger partial charge in [-0.25, -0.2) is 0 Å². The van der Waals surface area contributed by atoms with Gasteiger partial charge >= 0.3 is 0 Å². The van der Waals surface area contributed by atoms with Crippen LogP contribution in [0.25, 0.3) is 0 Å². The van der Waals surface area contributed by atoms with E-state index in [1.54, 1.807) is 0 Å². The van der Waals surface area contributed by atoms with E-state index in [0.29, 0.717) is 6.04 Å². The summed E-state index contributed by atoms with van der Waals surface area (Å²) in [6, 6.07) is 11.0. The molecule has 1 saturated heterocycles. The summed E-state index contributed by atoms with van der Waals surface area (Å²) in [6.07, 6.45) is 1.07. The smallest absolute Gasteiger partial charge is 0.0861 e. The summed E-state index contributed by atoms with van der Waals surface area (Å²) in [5.74, 6) is 0. The lowest BCUT2D eigenvalue weighted by molar-refractivity contribution is -0.0970. The molecule has 11 heavy (non-hydrogen) atoms. The van der Waals surface area contributed by atoms with E-state index in [1.807, 2.05) is 6.07 Å². The number of hydroxylamine groups is 1. The predicted octanol–water partition coefficient (Wildman–Crippen LogP) is 1.13. The van der Waals surface area contributed by atoms with Gasteiger partial charge in [-0.15, -0.1) is 0 Å². The first-order chi connectivity index (χ1) is 5.45. The van der Waals surface area contributed by atoms with E-state index in [-0.39, 0.29) is 0 Å². The molecule has 1 N–H and O–H groups in total. The van der Waals surface area contributed by atoms with Crippen molar-refractivity contribution in [2.45, 2.75) is 12.5 Å². The molecule has 0 aliphatic carbocycles. The Hall–Kier alpha value is -0.860. The van der Waals surface area contributed by atoms with Crippen molar-refractivity contribution in [1.82, 2.24) is 5.48 Å². The molecule has 0 radical (unpaired) electrons. The molecule has 0 aromatic heterocycles. The summed E-state index contributed by atoms with van der Waals surface area (Å²) in [4.78, 5) is 4.86. The largest absolute Gasteiger partial charge is 0.300 e. The van der Waals surface area contributed by atoms with Crippen LogP contribution in [0.15, 0.2) is 30.3 Å². The van der Waals surface area contributed by atoms with Crippen LogP contribution in [-0.4, -0.2) is 12.6 Å². The molecule has 1 aromatic rings. The van der Waals surface area contributed by atoms with Crippen LogP contribution in [-0.2, 0) is 11.3 Å². The zero-order chi connectivity index (χ0) is 7.52. The minimum atomic E-state index is 0.525. The van der Waals surface area contributed by atoms with Gasteiger partial charge in [-0.05, 0) is 12.0 Å². The normalized spacial score (nSPS) is 22.7. The maximum Gasteiger partial charge on any atom is 0.0861 e. The summed E-state index contributed by atoms with van der Waals surface area (Å²) >= 11 is 0. The molecule has 1 aliphatic heterocycles. The Balaban J connectivity index is 1.95. The number of rotatable bonds is 2. The Morgan fingerprint density at radius 3 is 2.64 bits per heavy atom. The Morgan fingerprint density at radius 2 is 2.09 bits per heavy atom. The van der Waals surface area contributed by atoms with Crippen LogP contribution < -0.4 is 5.48 Å². The van der Waals surface area contributed by atoms with E-state index in [0.717, 1.165) is 13.0 Å². The highest BCUT2D eigenvalue weighted by Gasteiger charge is 2.17. The van der Waals surface area contributed by atoms with Gasteiger partial charge in [0.2, 0.25) is 0 Å².